The van der Waals surface area contributed by atoms with Crippen molar-refractivity contribution in [3.63, 3.8) is 0 Å². The zero-order valence-corrected chi connectivity index (χ0v) is 12.2. The minimum Gasteiger partial charge on any atom is -0.370 e. The van der Waals surface area contributed by atoms with E-state index in [0.29, 0.717) is 11.7 Å². The second-order valence-corrected chi connectivity index (χ2v) is 5.49. The normalized spacial score (nSPS) is 22.2. The molecule has 21 heavy (non-hydrogen) atoms. The molecule has 2 aliphatic rings. The first-order chi connectivity index (χ1) is 10.1. The average molecular weight is 289 g/mol. The van der Waals surface area contributed by atoms with E-state index in [9.17, 15) is 9.59 Å². The zero-order valence-electron chi connectivity index (χ0n) is 12.2. The first-order valence-corrected chi connectivity index (χ1v) is 7.31. The Morgan fingerprint density at radius 3 is 2.81 bits per heavy atom. The van der Waals surface area contributed by atoms with Crippen LogP contribution in [0.15, 0.2) is 6.07 Å². The van der Waals surface area contributed by atoms with Gasteiger partial charge in [0.2, 0.25) is 11.8 Å². The van der Waals surface area contributed by atoms with E-state index in [-0.39, 0.29) is 18.4 Å². The van der Waals surface area contributed by atoms with Crippen molar-refractivity contribution in [2.24, 2.45) is 0 Å². The Hall–Kier alpha value is -2.18. The van der Waals surface area contributed by atoms with E-state index in [4.69, 9.17) is 0 Å². The molecule has 2 amide bonds. The molecule has 1 aromatic heterocycles. The molecular weight excluding hydrogens is 270 g/mol. The Morgan fingerprint density at radius 2 is 2.14 bits per heavy atom. The number of hydrogen-bond donors (Lipinski definition) is 2. The maximum Gasteiger partial charge on any atom is 0.249 e. The molecule has 0 radical (unpaired) electrons. The number of carbonyl (C=O) groups excluding carboxylic acids is 2. The van der Waals surface area contributed by atoms with Crippen LogP contribution in [0.25, 0.3) is 0 Å². The Labute approximate surface area is 123 Å². The molecule has 1 aromatic rings. The Bertz CT molecular complexity index is 585. The summed E-state index contributed by atoms with van der Waals surface area (Å²) in [5.41, 5.74) is 0. The molecule has 1 saturated heterocycles. The van der Waals surface area contributed by atoms with Gasteiger partial charge >= 0.3 is 0 Å². The minimum absolute atomic E-state index is 0.138. The topological polar surface area (TPSA) is 87.2 Å². The van der Waals surface area contributed by atoms with Crippen LogP contribution in [0.5, 0.6) is 0 Å². The summed E-state index contributed by atoms with van der Waals surface area (Å²) in [6.45, 7) is 4.67. The number of nitrogens with zero attached hydrogens (tertiary/aromatic N) is 3. The molecule has 3 rings (SSSR count). The predicted molar refractivity (Wildman–Crippen MR) is 78.1 cm³/mol. The standard InChI is InChI=1S/C14H19N5O2/c1-3-15-10-6-11(17-13(16-10)9-4-5-9)19-7-12(20)18-14(21)8(19)2/h6,8-9H,3-5,7H2,1-2H3,(H,15,16,17)(H,18,20,21). The molecule has 2 N–H and O–H groups in total. The molecule has 112 valence electrons. The van der Waals surface area contributed by atoms with Gasteiger partial charge in [-0.1, -0.05) is 0 Å². The van der Waals surface area contributed by atoms with Crippen LogP contribution in [0.2, 0.25) is 0 Å². The zero-order chi connectivity index (χ0) is 15.0. The number of piperazine rings is 1. The van der Waals surface area contributed by atoms with Gasteiger partial charge in [0.15, 0.2) is 0 Å². The molecule has 0 bridgehead atoms. The lowest BCUT2D eigenvalue weighted by Crippen LogP contribution is -2.57. The van der Waals surface area contributed by atoms with E-state index >= 15 is 0 Å². The molecule has 7 heteroatoms. The molecule has 7 nitrogen and oxygen atoms in total. The van der Waals surface area contributed by atoms with Crippen LogP contribution in [0.3, 0.4) is 0 Å². The van der Waals surface area contributed by atoms with Gasteiger partial charge in [-0.25, -0.2) is 9.97 Å². The molecule has 2 heterocycles. The molecule has 1 aliphatic heterocycles. The van der Waals surface area contributed by atoms with Crippen LogP contribution >= 0.6 is 0 Å². The van der Waals surface area contributed by atoms with Crippen molar-refractivity contribution in [3.8, 4) is 0 Å². The second kappa shape index (κ2) is 5.31. The largest absolute Gasteiger partial charge is 0.370 e. The first kappa shape index (κ1) is 13.8. The minimum atomic E-state index is -0.417. The first-order valence-electron chi connectivity index (χ1n) is 7.31. The number of hydrogen-bond acceptors (Lipinski definition) is 6. The lowest BCUT2D eigenvalue weighted by molar-refractivity contribution is -0.132. The molecular formula is C14H19N5O2. The highest BCUT2D eigenvalue weighted by molar-refractivity contribution is 6.04. The van der Waals surface area contributed by atoms with Crippen LogP contribution in [0, 0.1) is 0 Å². The van der Waals surface area contributed by atoms with Gasteiger partial charge in [0.05, 0.1) is 6.54 Å². The van der Waals surface area contributed by atoms with Crippen molar-refractivity contribution in [3.05, 3.63) is 11.9 Å². The fourth-order valence-electron chi connectivity index (χ4n) is 2.39. The number of anilines is 2. The van der Waals surface area contributed by atoms with Gasteiger partial charge in [0.25, 0.3) is 0 Å². The van der Waals surface area contributed by atoms with Crippen LogP contribution in [-0.2, 0) is 9.59 Å². The summed E-state index contributed by atoms with van der Waals surface area (Å²) in [6, 6.07) is 1.39. The van der Waals surface area contributed by atoms with Gasteiger partial charge < -0.3 is 10.2 Å². The highest BCUT2D eigenvalue weighted by Gasteiger charge is 2.33. The fourth-order valence-corrected chi connectivity index (χ4v) is 2.39. The van der Waals surface area contributed by atoms with Gasteiger partial charge in [-0.2, -0.15) is 0 Å². The van der Waals surface area contributed by atoms with Crippen molar-refractivity contribution in [1.82, 2.24) is 15.3 Å². The van der Waals surface area contributed by atoms with E-state index in [2.05, 4.69) is 20.6 Å². The third kappa shape index (κ3) is 2.81. The van der Waals surface area contributed by atoms with Gasteiger partial charge in [-0.3, -0.25) is 14.9 Å². The molecule has 2 fully saturated rings. The molecule has 1 atom stereocenters. The molecule has 1 saturated carbocycles. The van der Waals surface area contributed by atoms with Crippen LogP contribution < -0.4 is 15.5 Å². The third-order valence-corrected chi connectivity index (χ3v) is 3.75. The van der Waals surface area contributed by atoms with Gasteiger partial charge in [-0.15, -0.1) is 0 Å². The highest BCUT2D eigenvalue weighted by atomic mass is 16.2. The summed E-state index contributed by atoms with van der Waals surface area (Å²) in [4.78, 5) is 34.2. The van der Waals surface area contributed by atoms with Crippen molar-refractivity contribution in [1.29, 1.82) is 0 Å². The summed E-state index contributed by atoms with van der Waals surface area (Å²) < 4.78 is 0. The number of nitrogens with one attached hydrogen (secondary N) is 2. The molecule has 0 aromatic carbocycles. The van der Waals surface area contributed by atoms with Crippen molar-refractivity contribution < 1.29 is 9.59 Å². The van der Waals surface area contributed by atoms with E-state index in [1.807, 2.05) is 6.92 Å². The Morgan fingerprint density at radius 1 is 1.38 bits per heavy atom. The number of amides is 2. The number of carbonyl (C=O) groups is 2. The van der Waals surface area contributed by atoms with Crippen molar-refractivity contribution >= 4 is 23.5 Å². The summed E-state index contributed by atoms with van der Waals surface area (Å²) in [5.74, 6) is 2.01. The van der Waals surface area contributed by atoms with Crippen molar-refractivity contribution in [2.75, 3.05) is 23.3 Å². The second-order valence-electron chi connectivity index (χ2n) is 5.49. The van der Waals surface area contributed by atoms with E-state index in [1.54, 1.807) is 17.9 Å². The third-order valence-electron chi connectivity index (χ3n) is 3.75. The molecule has 1 aliphatic carbocycles. The van der Waals surface area contributed by atoms with E-state index < -0.39 is 6.04 Å². The van der Waals surface area contributed by atoms with Crippen LogP contribution in [0.4, 0.5) is 11.6 Å². The summed E-state index contributed by atoms with van der Waals surface area (Å²) in [6.07, 6.45) is 2.20. The number of imide groups is 1. The van der Waals surface area contributed by atoms with Gasteiger partial charge in [0, 0.05) is 18.5 Å². The lowest BCUT2D eigenvalue weighted by atomic mass is 10.2. The van der Waals surface area contributed by atoms with Gasteiger partial charge in [0.1, 0.15) is 23.5 Å². The SMILES string of the molecule is CCNc1cc(N2CC(=O)NC(=O)C2C)nc(C2CC2)n1. The Kier molecular flexibility index (Phi) is 3.48. The summed E-state index contributed by atoms with van der Waals surface area (Å²) >= 11 is 0. The molecule has 0 spiro atoms. The van der Waals surface area contributed by atoms with E-state index in [0.717, 1.165) is 31.0 Å². The van der Waals surface area contributed by atoms with E-state index in [1.165, 1.54) is 0 Å². The lowest BCUT2D eigenvalue weighted by Gasteiger charge is -2.32. The average Bonchev–Trinajstić information content (AvgIpc) is 3.27. The maximum absolute atomic E-state index is 11.8. The summed E-state index contributed by atoms with van der Waals surface area (Å²) in [7, 11) is 0. The van der Waals surface area contributed by atoms with Crippen LogP contribution in [0.1, 0.15) is 38.4 Å². The van der Waals surface area contributed by atoms with Crippen molar-refractivity contribution in [2.45, 2.75) is 38.6 Å². The van der Waals surface area contributed by atoms with Crippen LogP contribution in [-0.4, -0.2) is 40.9 Å². The smallest absolute Gasteiger partial charge is 0.249 e. The predicted octanol–water partition coefficient (Wildman–Crippen LogP) is 0.637. The highest BCUT2D eigenvalue weighted by Crippen LogP contribution is 2.39. The number of rotatable bonds is 4. The van der Waals surface area contributed by atoms with Gasteiger partial charge in [-0.05, 0) is 26.7 Å². The number of aromatic nitrogens is 2. The quantitative estimate of drug-likeness (QED) is 0.791. The Balaban J connectivity index is 1.95. The fraction of sp³-hybridized carbons (Fsp3) is 0.571. The monoisotopic (exact) mass is 289 g/mol. The summed E-state index contributed by atoms with van der Waals surface area (Å²) in [5, 5.41) is 5.52. The molecule has 1 unspecified atom stereocenters. The maximum atomic E-state index is 11.8.